The number of anilines is 2. The number of ether oxygens (including phenoxy) is 1. The molecule has 10 heteroatoms. The Hall–Kier alpha value is -2.00. The molecular formula is C23H25Cl2FN6O. The topological polar surface area (TPSA) is 68.1 Å². The van der Waals surface area contributed by atoms with Crippen LogP contribution in [-0.4, -0.2) is 63.2 Å². The van der Waals surface area contributed by atoms with Gasteiger partial charge in [0.25, 0.3) is 0 Å². The second kappa shape index (κ2) is 8.05. The maximum absolute atomic E-state index is 15.2. The molecule has 1 N–H and O–H groups in total. The Labute approximate surface area is 201 Å². The monoisotopic (exact) mass is 490 g/mol. The molecule has 0 radical (unpaired) electrons. The highest BCUT2D eigenvalue weighted by molar-refractivity contribution is 6.32. The van der Waals surface area contributed by atoms with Crippen LogP contribution in [-0.2, 0) is 10.3 Å². The first-order chi connectivity index (χ1) is 15.9. The molecule has 1 saturated carbocycles. The molecule has 6 rings (SSSR count). The Balaban J connectivity index is 1.25. The summed E-state index contributed by atoms with van der Waals surface area (Å²) in [5.74, 6) is 0.159. The van der Waals surface area contributed by atoms with E-state index < -0.39 is 6.17 Å². The van der Waals surface area contributed by atoms with Gasteiger partial charge in [-0.3, -0.25) is 4.90 Å². The van der Waals surface area contributed by atoms with Crippen LogP contribution < -0.4 is 5.32 Å². The lowest BCUT2D eigenvalue weighted by atomic mass is 9.86. The van der Waals surface area contributed by atoms with E-state index in [9.17, 15) is 0 Å². The van der Waals surface area contributed by atoms with Gasteiger partial charge in [-0.1, -0.05) is 23.2 Å². The zero-order valence-electron chi connectivity index (χ0n) is 18.3. The number of aromatic nitrogens is 4. The molecule has 174 valence electrons. The highest BCUT2D eigenvalue weighted by Crippen LogP contribution is 2.45. The molecule has 2 saturated heterocycles. The third kappa shape index (κ3) is 3.87. The highest BCUT2D eigenvalue weighted by atomic mass is 35.5. The van der Waals surface area contributed by atoms with Gasteiger partial charge in [0.2, 0.25) is 5.95 Å². The largest absolute Gasteiger partial charge is 0.378 e. The number of nitrogens with zero attached hydrogens (tertiary/aromatic N) is 5. The predicted molar refractivity (Wildman–Crippen MR) is 126 cm³/mol. The van der Waals surface area contributed by atoms with Crippen LogP contribution in [0.5, 0.6) is 0 Å². The third-order valence-electron chi connectivity index (χ3n) is 7.25. The van der Waals surface area contributed by atoms with Gasteiger partial charge in [0, 0.05) is 29.1 Å². The fraction of sp³-hybridized carbons (Fsp3) is 0.522. The van der Waals surface area contributed by atoms with Crippen LogP contribution in [0.3, 0.4) is 0 Å². The highest BCUT2D eigenvalue weighted by Gasteiger charge is 2.42. The first kappa shape index (κ1) is 21.5. The van der Waals surface area contributed by atoms with Crippen molar-refractivity contribution in [3.05, 3.63) is 40.3 Å². The van der Waals surface area contributed by atoms with Crippen LogP contribution in [0, 0.1) is 0 Å². The number of hydrogen-bond acceptors (Lipinski definition) is 6. The number of fused-ring (bicyclic) bond motifs is 1. The Morgan fingerprint density at radius 3 is 2.73 bits per heavy atom. The van der Waals surface area contributed by atoms with Gasteiger partial charge < -0.3 is 10.1 Å². The average Bonchev–Trinajstić information content (AvgIpc) is 3.39. The summed E-state index contributed by atoms with van der Waals surface area (Å²) < 4.78 is 22.3. The minimum atomic E-state index is -0.984. The van der Waals surface area contributed by atoms with Crippen LogP contribution in [0.15, 0.2) is 24.5 Å². The summed E-state index contributed by atoms with van der Waals surface area (Å²) in [4.78, 5) is 11.3. The van der Waals surface area contributed by atoms with Gasteiger partial charge >= 0.3 is 0 Å². The minimum absolute atomic E-state index is 0.00293. The normalized spacial score (nSPS) is 25.2. The van der Waals surface area contributed by atoms with E-state index >= 15 is 4.39 Å². The summed E-state index contributed by atoms with van der Waals surface area (Å²) in [7, 11) is 0. The molecule has 4 heterocycles. The van der Waals surface area contributed by atoms with Gasteiger partial charge in [-0.15, -0.1) is 0 Å². The lowest BCUT2D eigenvalue weighted by molar-refractivity contribution is -0.0806. The molecule has 0 unspecified atom stereocenters. The zero-order chi connectivity index (χ0) is 22.7. The summed E-state index contributed by atoms with van der Waals surface area (Å²) >= 11 is 13.1. The molecule has 1 aliphatic carbocycles. The lowest BCUT2D eigenvalue weighted by Gasteiger charge is -2.43. The molecule has 7 nitrogen and oxygen atoms in total. The van der Waals surface area contributed by atoms with E-state index in [2.05, 4.69) is 32.2 Å². The molecule has 3 aromatic rings. The van der Waals surface area contributed by atoms with E-state index in [0.29, 0.717) is 59.5 Å². The number of likely N-dealkylation sites (tertiary alicyclic amines) is 1. The smallest absolute Gasteiger partial charge is 0.227 e. The van der Waals surface area contributed by atoms with E-state index in [-0.39, 0.29) is 11.5 Å². The van der Waals surface area contributed by atoms with Crippen molar-refractivity contribution < 1.29 is 9.13 Å². The molecule has 33 heavy (non-hydrogen) atoms. The van der Waals surface area contributed by atoms with E-state index in [0.717, 1.165) is 30.3 Å². The quantitative estimate of drug-likeness (QED) is 0.547. The van der Waals surface area contributed by atoms with Crippen molar-refractivity contribution in [2.24, 2.45) is 0 Å². The SMILES string of the molecule is CC1(n2ncc(Nc3ncc4cc(Cl)c([C@@H]5CCN(C6COC6)C[C@H]5F)cc4n3)c2Cl)CC1. The van der Waals surface area contributed by atoms with Crippen molar-refractivity contribution in [3.63, 3.8) is 0 Å². The molecule has 3 fully saturated rings. The van der Waals surface area contributed by atoms with E-state index in [1.165, 1.54) is 0 Å². The maximum atomic E-state index is 15.2. The Morgan fingerprint density at radius 1 is 1.21 bits per heavy atom. The minimum Gasteiger partial charge on any atom is -0.378 e. The zero-order valence-corrected chi connectivity index (χ0v) is 19.8. The molecule has 0 amide bonds. The second-order valence-electron chi connectivity index (χ2n) is 9.61. The number of alkyl halides is 1. The van der Waals surface area contributed by atoms with Gasteiger partial charge in [-0.25, -0.2) is 19.0 Å². The van der Waals surface area contributed by atoms with Crippen LogP contribution in [0.4, 0.5) is 16.0 Å². The van der Waals surface area contributed by atoms with Crippen LogP contribution in [0.1, 0.15) is 37.7 Å². The number of nitrogens with one attached hydrogen (secondary N) is 1. The standard InChI is InChI=1S/C23H25Cl2FN6O/c1-23(3-4-23)32-21(25)20(9-28-32)30-22-27-8-13-6-17(24)16(7-19(13)29-22)15-2-5-31(10-18(15)26)14-11-33-12-14/h6-9,14-15,18H,2-5,10-12H2,1H3,(H,27,29,30)/t15-,18+/m0/s1. The van der Waals surface area contributed by atoms with Gasteiger partial charge in [-0.2, -0.15) is 5.10 Å². The number of rotatable bonds is 5. The maximum Gasteiger partial charge on any atom is 0.227 e. The second-order valence-corrected chi connectivity index (χ2v) is 10.4. The van der Waals surface area contributed by atoms with Crippen molar-refractivity contribution in [1.29, 1.82) is 0 Å². The molecule has 0 spiro atoms. The summed E-state index contributed by atoms with van der Waals surface area (Å²) in [6, 6.07) is 4.07. The van der Waals surface area contributed by atoms with E-state index in [1.807, 2.05) is 16.8 Å². The molecule has 3 aliphatic rings. The third-order valence-corrected chi connectivity index (χ3v) is 7.94. The average molecular weight is 491 g/mol. The van der Waals surface area contributed by atoms with Crippen LogP contribution in [0.2, 0.25) is 10.2 Å². The fourth-order valence-corrected chi connectivity index (χ4v) is 5.42. The lowest BCUT2D eigenvalue weighted by Crippen LogP contribution is -2.54. The first-order valence-corrected chi connectivity index (χ1v) is 12.1. The molecule has 2 atom stereocenters. The van der Waals surface area contributed by atoms with Gasteiger partial charge in [-0.05, 0) is 50.4 Å². The van der Waals surface area contributed by atoms with Gasteiger partial charge in [0.15, 0.2) is 5.15 Å². The number of halogens is 3. The van der Waals surface area contributed by atoms with Crippen LogP contribution in [0.25, 0.3) is 10.9 Å². The molecule has 2 aromatic heterocycles. The van der Waals surface area contributed by atoms with Crippen molar-refractivity contribution >= 4 is 45.7 Å². The van der Waals surface area contributed by atoms with Crippen molar-refractivity contribution in [3.8, 4) is 0 Å². The van der Waals surface area contributed by atoms with E-state index in [1.54, 1.807) is 12.4 Å². The van der Waals surface area contributed by atoms with Gasteiger partial charge in [0.1, 0.15) is 6.17 Å². The molecule has 0 bridgehead atoms. The van der Waals surface area contributed by atoms with Crippen LogP contribution >= 0.6 is 23.2 Å². The predicted octanol–water partition coefficient (Wildman–Crippen LogP) is 4.91. The Bertz CT molecular complexity index is 1210. The van der Waals surface area contributed by atoms with Crippen molar-refractivity contribution in [2.45, 2.75) is 49.9 Å². The van der Waals surface area contributed by atoms with Crippen molar-refractivity contribution in [2.75, 3.05) is 31.6 Å². The number of hydrogen-bond donors (Lipinski definition) is 1. The number of piperidine rings is 1. The molecule has 2 aliphatic heterocycles. The number of benzene rings is 1. The Kier molecular flexibility index (Phi) is 5.25. The molecule has 1 aromatic carbocycles. The fourth-order valence-electron chi connectivity index (χ4n) is 4.76. The summed E-state index contributed by atoms with van der Waals surface area (Å²) in [5, 5.41) is 9.51. The Morgan fingerprint density at radius 2 is 2.03 bits per heavy atom. The first-order valence-electron chi connectivity index (χ1n) is 11.3. The van der Waals surface area contributed by atoms with E-state index in [4.69, 9.17) is 27.9 Å². The van der Waals surface area contributed by atoms with Gasteiger partial charge in [0.05, 0.1) is 42.2 Å². The summed E-state index contributed by atoms with van der Waals surface area (Å²) in [6.45, 7) is 4.78. The summed E-state index contributed by atoms with van der Waals surface area (Å²) in [5.41, 5.74) is 2.18. The van der Waals surface area contributed by atoms with Crippen molar-refractivity contribution in [1.82, 2.24) is 24.6 Å². The molecular weight excluding hydrogens is 466 g/mol. The summed E-state index contributed by atoms with van der Waals surface area (Å²) in [6.07, 6.45) is 5.27.